The number of hydrogen-bond acceptors (Lipinski definition) is 2. The number of nitrogens with zero attached hydrogens (tertiary/aromatic N) is 3. The van der Waals surface area contributed by atoms with Gasteiger partial charge in [0.05, 0.1) is 6.54 Å². The van der Waals surface area contributed by atoms with Crippen molar-refractivity contribution in [3.63, 3.8) is 0 Å². The Hall–Kier alpha value is -2.28. The number of carbonyl (C=O) groups excluding carboxylic acids is 2. The van der Waals surface area contributed by atoms with Crippen LogP contribution in [0.2, 0.25) is 0 Å². The lowest BCUT2D eigenvalue weighted by atomic mass is 10.2. The monoisotopic (exact) mass is 476 g/mol. The van der Waals surface area contributed by atoms with E-state index >= 15 is 0 Å². The van der Waals surface area contributed by atoms with Crippen LogP contribution >= 0.6 is 15.9 Å². The first kappa shape index (κ1) is 24.0. The topological polar surface area (TPSA) is 57.6 Å². The van der Waals surface area contributed by atoms with Crippen molar-refractivity contribution in [3.8, 4) is 0 Å². The van der Waals surface area contributed by atoms with Gasteiger partial charge in [0, 0.05) is 42.2 Å². The first-order valence-electron chi connectivity index (χ1n) is 10.3. The summed E-state index contributed by atoms with van der Waals surface area (Å²) in [4.78, 5) is 29.6. The van der Waals surface area contributed by atoms with Crippen LogP contribution in [-0.4, -0.2) is 45.9 Å². The Labute approximate surface area is 188 Å². The molecule has 0 aliphatic rings. The fraction of sp³-hybridized carbons (Fsp3) is 0.478. The molecule has 30 heavy (non-hydrogen) atoms. The fourth-order valence-corrected chi connectivity index (χ4v) is 3.64. The number of hydrogen-bond donors (Lipinski definition) is 1. The largest absolute Gasteiger partial charge is 0.353 e. The van der Waals surface area contributed by atoms with E-state index in [2.05, 4.69) is 35.1 Å². The number of carbonyl (C=O) groups is 2. The van der Waals surface area contributed by atoms with Gasteiger partial charge >= 0.3 is 6.03 Å². The third-order valence-corrected chi connectivity index (χ3v) is 5.11. The maximum atomic E-state index is 13.2. The van der Waals surface area contributed by atoms with E-state index in [1.807, 2.05) is 73.0 Å². The van der Waals surface area contributed by atoms with Crippen molar-refractivity contribution in [2.45, 2.75) is 34.2 Å². The van der Waals surface area contributed by atoms with Crippen LogP contribution in [0, 0.1) is 11.8 Å². The lowest BCUT2D eigenvalue weighted by molar-refractivity contribution is -0.133. The van der Waals surface area contributed by atoms with Crippen molar-refractivity contribution in [1.82, 2.24) is 14.4 Å². The number of halogens is 1. The number of rotatable bonds is 9. The Bertz CT molecular complexity index is 847. The number of aryl methyl sites for hydroxylation is 1. The first-order valence-corrected chi connectivity index (χ1v) is 11.1. The van der Waals surface area contributed by atoms with Gasteiger partial charge in [-0.2, -0.15) is 0 Å². The Morgan fingerprint density at radius 3 is 2.27 bits per heavy atom. The third-order valence-electron chi connectivity index (χ3n) is 4.62. The lowest BCUT2D eigenvalue weighted by Crippen LogP contribution is -2.46. The molecule has 1 heterocycles. The molecule has 1 aromatic carbocycles. The SMILES string of the molecule is CC(C)CN(Cc1cccn1C)C(=O)CN(CC(C)C)C(=O)Nc1cccc(Br)c1. The minimum Gasteiger partial charge on any atom is -0.353 e. The summed E-state index contributed by atoms with van der Waals surface area (Å²) < 4.78 is 2.91. The predicted octanol–water partition coefficient (Wildman–Crippen LogP) is 4.96. The number of nitrogens with one attached hydrogen (secondary N) is 1. The molecule has 0 fully saturated rings. The van der Waals surface area contributed by atoms with Crippen molar-refractivity contribution in [2.24, 2.45) is 18.9 Å². The average Bonchev–Trinajstić information content (AvgIpc) is 3.04. The van der Waals surface area contributed by atoms with Gasteiger partial charge in [0.1, 0.15) is 6.54 Å². The molecule has 7 heteroatoms. The van der Waals surface area contributed by atoms with Gasteiger partial charge in [-0.1, -0.05) is 49.7 Å². The summed E-state index contributed by atoms with van der Waals surface area (Å²) in [7, 11) is 1.98. The van der Waals surface area contributed by atoms with Gasteiger partial charge in [-0.05, 0) is 42.2 Å². The van der Waals surface area contributed by atoms with Crippen LogP contribution in [0.15, 0.2) is 47.1 Å². The maximum Gasteiger partial charge on any atom is 0.322 e. The molecule has 0 aliphatic heterocycles. The fourth-order valence-electron chi connectivity index (χ4n) is 3.24. The molecule has 0 spiro atoms. The molecule has 0 radical (unpaired) electrons. The Morgan fingerprint density at radius 2 is 1.70 bits per heavy atom. The number of amides is 3. The second kappa shape index (κ2) is 11.2. The van der Waals surface area contributed by atoms with Crippen LogP contribution in [0.25, 0.3) is 0 Å². The van der Waals surface area contributed by atoms with Crippen molar-refractivity contribution in [3.05, 3.63) is 52.8 Å². The molecular weight excluding hydrogens is 444 g/mol. The standard InChI is InChI=1S/C23H33BrN4O2/c1-17(2)13-27(15-21-10-7-11-26(21)5)22(29)16-28(14-18(3)4)23(30)25-20-9-6-8-19(24)12-20/h6-12,17-18H,13-16H2,1-5H3,(H,25,30). The maximum absolute atomic E-state index is 13.2. The van der Waals surface area contributed by atoms with Crippen LogP contribution in [0.5, 0.6) is 0 Å². The summed E-state index contributed by atoms with van der Waals surface area (Å²) in [6.45, 7) is 10.0. The highest BCUT2D eigenvalue weighted by Crippen LogP contribution is 2.17. The smallest absolute Gasteiger partial charge is 0.322 e. The van der Waals surface area contributed by atoms with Crippen LogP contribution in [0.4, 0.5) is 10.5 Å². The zero-order valence-electron chi connectivity index (χ0n) is 18.6. The molecule has 0 saturated carbocycles. The average molecular weight is 477 g/mol. The van der Waals surface area contributed by atoms with E-state index < -0.39 is 0 Å². The van der Waals surface area contributed by atoms with E-state index in [0.29, 0.717) is 31.2 Å². The van der Waals surface area contributed by atoms with Gasteiger partial charge in [0.25, 0.3) is 0 Å². The Balaban J connectivity index is 2.13. The molecule has 2 rings (SSSR count). The molecule has 0 unspecified atom stereocenters. The molecular formula is C23H33BrN4O2. The molecule has 1 N–H and O–H groups in total. The predicted molar refractivity (Wildman–Crippen MR) is 125 cm³/mol. The van der Waals surface area contributed by atoms with Gasteiger partial charge in [-0.3, -0.25) is 4.79 Å². The second-order valence-corrected chi connectivity index (χ2v) is 9.41. The van der Waals surface area contributed by atoms with E-state index in [1.54, 1.807) is 4.90 Å². The van der Waals surface area contributed by atoms with E-state index in [0.717, 1.165) is 10.2 Å². The van der Waals surface area contributed by atoms with E-state index in [9.17, 15) is 9.59 Å². The summed E-state index contributed by atoms with van der Waals surface area (Å²) in [5.41, 5.74) is 1.76. The number of anilines is 1. The summed E-state index contributed by atoms with van der Waals surface area (Å²) in [6.07, 6.45) is 1.98. The minimum absolute atomic E-state index is 0.0463. The summed E-state index contributed by atoms with van der Waals surface area (Å²) in [5.74, 6) is 0.538. The first-order chi connectivity index (χ1) is 14.2. The highest BCUT2D eigenvalue weighted by molar-refractivity contribution is 9.10. The van der Waals surface area contributed by atoms with Crippen molar-refractivity contribution in [2.75, 3.05) is 25.0 Å². The Morgan fingerprint density at radius 1 is 1.03 bits per heavy atom. The van der Waals surface area contributed by atoms with Crippen LogP contribution in [0.1, 0.15) is 33.4 Å². The summed E-state index contributed by atoms with van der Waals surface area (Å²) in [6, 6.07) is 11.2. The van der Waals surface area contributed by atoms with E-state index in [1.165, 1.54) is 0 Å². The molecule has 164 valence electrons. The summed E-state index contributed by atoms with van der Waals surface area (Å²) in [5, 5.41) is 2.91. The van der Waals surface area contributed by atoms with Crippen molar-refractivity contribution < 1.29 is 9.59 Å². The lowest BCUT2D eigenvalue weighted by Gasteiger charge is -2.30. The van der Waals surface area contributed by atoms with Gasteiger partial charge in [-0.25, -0.2) is 4.79 Å². The van der Waals surface area contributed by atoms with Gasteiger partial charge in [-0.15, -0.1) is 0 Å². The van der Waals surface area contributed by atoms with Gasteiger partial charge in [0.15, 0.2) is 0 Å². The molecule has 1 aromatic heterocycles. The van der Waals surface area contributed by atoms with Crippen LogP contribution < -0.4 is 5.32 Å². The normalized spacial score (nSPS) is 11.1. The Kier molecular flexibility index (Phi) is 8.96. The molecule has 6 nitrogen and oxygen atoms in total. The van der Waals surface area contributed by atoms with Crippen molar-refractivity contribution >= 4 is 33.6 Å². The number of aromatic nitrogens is 1. The van der Waals surface area contributed by atoms with E-state index in [4.69, 9.17) is 0 Å². The highest BCUT2D eigenvalue weighted by atomic mass is 79.9. The molecule has 3 amide bonds. The molecule has 2 aromatic rings. The zero-order valence-corrected chi connectivity index (χ0v) is 20.1. The molecule has 0 saturated heterocycles. The van der Waals surface area contributed by atoms with Crippen LogP contribution in [0.3, 0.4) is 0 Å². The second-order valence-electron chi connectivity index (χ2n) is 8.49. The molecule has 0 atom stereocenters. The summed E-state index contributed by atoms with van der Waals surface area (Å²) >= 11 is 3.42. The molecule has 0 aliphatic carbocycles. The van der Waals surface area contributed by atoms with Crippen molar-refractivity contribution in [1.29, 1.82) is 0 Å². The minimum atomic E-state index is -0.265. The number of urea groups is 1. The zero-order chi connectivity index (χ0) is 22.3. The number of benzene rings is 1. The van der Waals surface area contributed by atoms with Gasteiger partial charge < -0.3 is 19.7 Å². The quantitative estimate of drug-likeness (QED) is 0.555. The van der Waals surface area contributed by atoms with E-state index in [-0.39, 0.29) is 24.4 Å². The molecule has 0 bridgehead atoms. The third kappa shape index (κ3) is 7.52. The van der Waals surface area contributed by atoms with Crippen LogP contribution in [-0.2, 0) is 18.4 Å². The highest BCUT2D eigenvalue weighted by Gasteiger charge is 2.23. The van der Waals surface area contributed by atoms with Gasteiger partial charge in [0.2, 0.25) is 5.91 Å².